The Labute approximate surface area is 105 Å². The summed E-state index contributed by atoms with van der Waals surface area (Å²) in [4.78, 5) is 10.1. The topological polar surface area (TPSA) is 38.2 Å². The zero-order valence-corrected chi connectivity index (χ0v) is 10.5. The summed E-state index contributed by atoms with van der Waals surface area (Å²) in [6, 6.07) is 0. The third-order valence-corrected chi connectivity index (χ3v) is 2.90. The van der Waals surface area contributed by atoms with Crippen LogP contribution in [-0.2, 0) is 4.74 Å². The highest BCUT2D eigenvalue weighted by molar-refractivity contribution is 6.33. The molecule has 1 saturated heterocycles. The van der Waals surface area contributed by atoms with E-state index in [1.807, 2.05) is 6.92 Å². The molecule has 1 aromatic rings. The van der Waals surface area contributed by atoms with E-state index < -0.39 is 0 Å². The van der Waals surface area contributed by atoms with Gasteiger partial charge in [0.2, 0.25) is 5.28 Å². The van der Waals surface area contributed by atoms with Crippen molar-refractivity contribution >= 4 is 29.0 Å². The Bertz CT molecular complexity index is 375. The van der Waals surface area contributed by atoms with Gasteiger partial charge in [-0.05, 0) is 24.9 Å². The van der Waals surface area contributed by atoms with Crippen LogP contribution in [0.25, 0.3) is 0 Å². The van der Waals surface area contributed by atoms with E-state index in [9.17, 15) is 0 Å². The van der Waals surface area contributed by atoms with Crippen LogP contribution in [0.1, 0.15) is 13.3 Å². The van der Waals surface area contributed by atoms with Crippen molar-refractivity contribution in [2.24, 2.45) is 0 Å². The fourth-order valence-electron chi connectivity index (χ4n) is 1.75. The number of halogens is 2. The van der Waals surface area contributed by atoms with E-state index in [2.05, 4.69) is 14.9 Å². The van der Waals surface area contributed by atoms with Crippen LogP contribution >= 0.6 is 23.2 Å². The molecule has 2 rings (SSSR count). The molecule has 1 aromatic heterocycles. The number of aromatic nitrogens is 2. The van der Waals surface area contributed by atoms with Crippen molar-refractivity contribution in [3.8, 4) is 0 Å². The van der Waals surface area contributed by atoms with Crippen LogP contribution in [0.15, 0.2) is 6.20 Å². The molecule has 1 aliphatic heterocycles. The van der Waals surface area contributed by atoms with Crippen molar-refractivity contribution < 1.29 is 4.74 Å². The number of anilines is 1. The van der Waals surface area contributed by atoms with Crippen LogP contribution in [0, 0.1) is 0 Å². The minimum atomic E-state index is 0.173. The molecule has 6 heteroatoms. The number of ether oxygens (including phenoxy) is 1. The lowest BCUT2D eigenvalue weighted by atomic mass is 10.3. The van der Waals surface area contributed by atoms with E-state index in [-0.39, 0.29) is 11.4 Å². The Hall–Kier alpha value is -0.580. The lowest BCUT2D eigenvalue weighted by molar-refractivity contribution is 0.0820. The molecular weight excluding hydrogens is 249 g/mol. The van der Waals surface area contributed by atoms with Gasteiger partial charge in [-0.3, -0.25) is 0 Å². The summed E-state index contributed by atoms with van der Waals surface area (Å²) in [6.07, 6.45) is 2.66. The monoisotopic (exact) mass is 261 g/mol. The van der Waals surface area contributed by atoms with Gasteiger partial charge in [0.25, 0.3) is 0 Å². The van der Waals surface area contributed by atoms with Crippen LogP contribution in [0.4, 0.5) is 5.82 Å². The normalized spacial score (nSPS) is 21.9. The van der Waals surface area contributed by atoms with Gasteiger partial charge in [0, 0.05) is 19.7 Å². The number of hydrogen-bond acceptors (Lipinski definition) is 4. The van der Waals surface area contributed by atoms with Crippen molar-refractivity contribution in [3.63, 3.8) is 0 Å². The lowest BCUT2D eigenvalue weighted by Gasteiger charge is -2.23. The third kappa shape index (κ3) is 2.75. The molecule has 0 aromatic carbocycles. The average Bonchev–Trinajstić information content (AvgIpc) is 2.46. The van der Waals surface area contributed by atoms with Crippen LogP contribution in [-0.4, -0.2) is 35.8 Å². The summed E-state index contributed by atoms with van der Waals surface area (Å²) in [5, 5.41) is 0.746. The van der Waals surface area contributed by atoms with Crippen molar-refractivity contribution in [1.82, 2.24) is 9.97 Å². The molecule has 0 saturated carbocycles. The Morgan fingerprint density at radius 1 is 1.50 bits per heavy atom. The highest BCUT2D eigenvalue weighted by Crippen LogP contribution is 2.25. The summed E-state index contributed by atoms with van der Waals surface area (Å²) >= 11 is 11.8. The highest BCUT2D eigenvalue weighted by atomic mass is 35.5. The second kappa shape index (κ2) is 5.17. The van der Waals surface area contributed by atoms with Crippen molar-refractivity contribution in [3.05, 3.63) is 16.5 Å². The molecule has 0 aliphatic carbocycles. The molecule has 1 atom stereocenters. The van der Waals surface area contributed by atoms with Crippen LogP contribution in [0.5, 0.6) is 0 Å². The molecule has 1 unspecified atom stereocenters. The fraction of sp³-hybridized carbons (Fsp3) is 0.600. The molecular formula is C10H13Cl2N3O. The van der Waals surface area contributed by atoms with Gasteiger partial charge >= 0.3 is 0 Å². The number of rotatable bonds is 1. The second-order valence-electron chi connectivity index (χ2n) is 3.79. The molecule has 1 aliphatic rings. The van der Waals surface area contributed by atoms with E-state index in [0.29, 0.717) is 10.8 Å². The third-order valence-electron chi connectivity index (χ3n) is 2.45. The molecule has 88 valence electrons. The van der Waals surface area contributed by atoms with Crippen LogP contribution < -0.4 is 4.90 Å². The van der Waals surface area contributed by atoms with Gasteiger partial charge in [-0.25, -0.2) is 4.98 Å². The minimum Gasteiger partial charge on any atom is -0.377 e. The van der Waals surface area contributed by atoms with Crippen molar-refractivity contribution in [1.29, 1.82) is 0 Å². The maximum absolute atomic E-state index is 6.06. The first-order chi connectivity index (χ1) is 7.66. The SMILES string of the molecule is CC1CN(c2nc(Cl)ncc2Cl)CCCO1. The Morgan fingerprint density at radius 2 is 2.31 bits per heavy atom. The van der Waals surface area contributed by atoms with E-state index in [4.69, 9.17) is 27.9 Å². The first kappa shape index (κ1) is 11.9. The number of nitrogens with zero attached hydrogens (tertiary/aromatic N) is 3. The molecule has 2 heterocycles. The summed E-state index contributed by atoms with van der Waals surface area (Å²) in [6.45, 7) is 4.45. The maximum atomic E-state index is 6.06. The summed E-state index contributed by atoms with van der Waals surface area (Å²) in [7, 11) is 0. The Kier molecular flexibility index (Phi) is 3.84. The van der Waals surface area contributed by atoms with Gasteiger partial charge < -0.3 is 9.64 Å². The van der Waals surface area contributed by atoms with Crippen LogP contribution in [0.2, 0.25) is 10.3 Å². The average molecular weight is 262 g/mol. The Balaban J connectivity index is 2.24. The van der Waals surface area contributed by atoms with E-state index in [1.54, 1.807) is 0 Å². The van der Waals surface area contributed by atoms with E-state index in [0.717, 1.165) is 26.1 Å². The van der Waals surface area contributed by atoms with Crippen molar-refractivity contribution in [2.75, 3.05) is 24.6 Å². The van der Waals surface area contributed by atoms with E-state index >= 15 is 0 Å². The molecule has 4 nitrogen and oxygen atoms in total. The summed E-state index contributed by atoms with van der Waals surface area (Å²) < 4.78 is 5.56. The highest BCUT2D eigenvalue weighted by Gasteiger charge is 2.19. The first-order valence-corrected chi connectivity index (χ1v) is 5.97. The maximum Gasteiger partial charge on any atom is 0.224 e. The van der Waals surface area contributed by atoms with Gasteiger partial charge in [-0.1, -0.05) is 11.6 Å². The van der Waals surface area contributed by atoms with Gasteiger partial charge in [0.1, 0.15) is 5.02 Å². The molecule has 0 spiro atoms. The zero-order chi connectivity index (χ0) is 11.5. The van der Waals surface area contributed by atoms with Gasteiger partial charge in [-0.15, -0.1) is 0 Å². The summed E-state index contributed by atoms with van der Waals surface area (Å²) in [5.74, 6) is 0.694. The van der Waals surface area contributed by atoms with Crippen LogP contribution in [0.3, 0.4) is 0 Å². The predicted octanol–water partition coefficient (Wildman–Crippen LogP) is 2.40. The molecule has 16 heavy (non-hydrogen) atoms. The number of hydrogen-bond donors (Lipinski definition) is 0. The standard InChI is InChI=1S/C10H13Cl2N3O/c1-7-6-15(3-2-4-16-7)9-8(11)5-13-10(12)14-9/h5,7H,2-4,6H2,1H3. The molecule has 0 amide bonds. The first-order valence-electron chi connectivity index (χ1n) is 5.21. The summed E-state index contributed by atoms with van der Waals surface area (Å²) in [5.41, 5.74) is 0. The minimum absolute atomic E-state index is 0.173. The lowest BCUT2D eigenvalue weighted by Crippen LogP contribution is -2.31. The van der Waals surface area contributed by atoms with Gasteiger partial charge in [0.15, 0.2) is 5.82 Å². The molecule has 0 bridgehead atoms. The van der Waals surface area contributed by atoms with E-state index in [1.165, 1.54) is 6.20 Å². The zero-order valence-electron chi connectivity index (χ0n) is 8.99. The largest absolute Gasteiger partial charge is 0.377 e. The smallest absolute Gasteiger partial charge is 0.224 e. The molecule has 1 fully saturated rings. The molecule has 0 N–H and O–H groups in total. The van der Waals surface area contributed by atoms with Crippen molar-refractivity contribution in [2.45, 2.75) is 19.4 Å². The van der Waals surface area contributed by atoms with Gasteiger partial charge in [0.05, 0.1) is 12.3 Å². The van der Waals surface area contributed by atoms with Gasteiger partial charge in [-0.2, -0.15) is 4.98 Å². The Morgan fingerprint density at radius 3 is 3.12 bits per heavy atom. The second-order valence-corrected chi connectivity index (χ2v) is 4.54. The molecule has 0 radical (unpaired) electrons. The predicted molar refractivity (Wildman–Crippen MR) is 64.3 cm³/mol. The fourth-order valence-corrected chi connectivity index (χ4v) is 2.09. The quantitative estimate of drug-likeness (QED) is 0.728.